The third-order valence-corrected chi connectivity index (χ3v) is 4.77. The standard InChI is InChI=1S/C14H20N4O2S2/c1-5-15-12(19)18-13-17-7-11(22-13)21-8-10-16-6-9(20-10)14(2,3)4/h6-7H,5,8H2,1-4H3,(H2,15,17,18,19). The molecule has 22 heavy (non-hydrogen) atoms. The number of rotatable bonds is 5. The number of thiazole rings is 1. The quantitative estimate of drug-likeness (QED) is 0.808. The number of amides is 2. The molecular weight excluding hydrogens is 320 g/mol. The maximum absolute atomic E-state index is 11.4. The minimum absolute atomic E-state index is 0.0376. The number of thioether (sulfide) groups is 1. The molecule has 6 nitrogen and oxygen atoms in total. The van der Waals surface area contributed by atoms with Crippen LogP contribution in [0.5, 0.6) is 0 Å². The van der Waals surface area contributed by atoms with Gasteiger partial charge in [-0.15, -0.1) is 11.8 Å². The summed E-state index contributed by atoms with van der Waals surface area (Å²) in [6.07, 6.45) is 3.52. The van der Waals surface area contributed by atoms with Crippen molar-refractivity contribution in [2.45, 2.75) is 43.1 Å². The first kappa shape index (κ1) is 16.8. The van der Waals surface area contributed by atoms with Crippen molar-refractivity contribution >= 4 is 34.3 Å². The Morgan fingerprint density at radius 3 is 2.77 bits per heavy atom. The van der Waals surface area contributed by atoms with Gasteiger partial charge in [0.25, 0.3) is 0 Å². The molecule has 0 radical (unpaired) electrons. The normalized spacial score (nSPS) is 11.5. The molecule has 0 saturated carbocycles. The van der Waals surface area contributed by atoms with E-state index < -0.39 is 0 Å². The Labute approximate surface area is 138 Å². The SMILES string of the molecule is CCNC(=O)Nc1ncc(SCc2ncc(C(C)(C)C)o2)s1. The fraction of sp³-hybridized carbons (Fsp3) is 0.500. The van der Waals surface area contributed by atoms with Crippen LogP contribution in [-0.4, -0.2) is 22.5 Å². The highest BCUT2D eigenvalue weighted by Crippen LogP contribution is 2.31. The van der Waals surface area contributed by atoms with Gasteiger partial charge in [-0.05, 0) is 6.92 Å². The number of carbonyl (C=O) groups excluding carboxylic acids is 1. The van der Waals surface area contributed by atoms with Crippen LogP contribution in [0.25, 0.3) is 0 Å². The smallest absolute Gasteiger partial charge is 0.321 e. The maximum Gasteiger partial charge on any atom is 0.321 e. The molecule has 0 aromatic carbocycles. The summed E-state index contributed by atoms with van der Waals surface area (Å²) in [6, 6.07) is -0.240. The van der Waals surface area contributed by atoms with Crippen LogP contribution in [0.4, 0.5) is 9.93 Å². The van der Waals surface area contributed by atoms with Crippen molar-refractivity contribution in [3.8, 4) is 0 Å². The van der Waals surface area contributed by atoms with E-state index in [4.69, 9.17) is 4.42 Å². The van der Waals surface area contributed by atoms with Gasteiger partial charge in [-0.2, -0.15) is 0 Å². The Balaban J connectivity index is 1.88. The molecule has 8 heteroatoms. The molecule has 120 valence electrons. The lowest BCUT2D eigenvalue weighted by Crippen LogP contribution is -2.28. The Hall–Kier alpha value is -1.54. The molecule has 2 rings (SSSR count). The van der Waals surface area contributed by atoms with E-state index >= 15 is 0 Å². The number of hydrogen-bond donors (Lipinski definition) is 2. The van der Waals surface area contributed by atoms with Crippen LogP contribution in [0.15, 0.2) is 21.0 Å². The topological polar surface area (TPSA) is 80.0 Å². The maximum atomic E-state index is 11.4. The minimum atomic E-state index is -0.240. The van der Waals surface area contributed by atoms with Gasteiger partial charge in [-0.25, -0.2) is 14.8 Å². The van der Waals surface area contributed by atoms with Crippen molar-refractivity contribution in [2.24, 2.45) is 0 Å². The lowest BCUT2D eigenvalue weighted by atomic mass is 9.94. The van der Waals surface area contributed by atoms with Gasteiger partial charge in [-0.3, -0.25) is 5.32 Å². The summed E-state index contributed by atoms with van der Waals surface area (Å²) in [5.41, 5.74) is -0.0376. The molecule has 2 aromatic heterocycles. The molecule has 0 spiro atoms. The van der Waals surface area contributed by atoms with E-state index in [2.05, 4.69) is 41.4 Å². The number of nitrogens with zero attached hydrogens (tertiary/aromatic N) is 2. The first-order valence-corrected chi connectivity index (χ1v) is 8.77. The van der Waals surface area contributed by atoms with Gasteiger partial charge in [0, 0.05) is 12.0 Å². The van der Waals surface area contributed by atoms with Gasteiger partial charge in [0.05, 0.1) is 22.4 Å². The summed E-state index contributed by atoms with van der Waals surface area (Å²) in [5.74, 6) is 2.21. The minimum Gasteiger partial charge on any atom is -0.444 e. The highest BCUT2D eigenvalue weighted by molar-refractivity contribution is 8.00. The number of urea groups is 1. The van der Waals surface area contributed by atoms with E-state index in [1.807, 2.05) is 6.92 Å². The zero-order valence-electron chi connectivity index (χ0n) is 13.1. The highest BCUT2D eigenvalue weighted by atomic mass is 32.2. The van der Waals surface area contributed by atoms with Gasteiger partial charge in [0.1, 0.15) is 5.76 Å². The molecule has 0 bridgehead atoms. The monoisotopic (exact) mass is 340 g/mol. The number of oxazole rings is 1. The number of anilines is 1. The van der Waals surface area contributed by atoms with Crippen LogP contribution >= 0.6 is 23.1 Å². The van der Waals surface area contributed by atoms with Crippen LogP contribution in [-0.2, 0) is 11.2 Å². The highest BCUT2D eigenvalue weighted by Gasteiger charge is 2.19. The van der Waals surface area contributed by atoms with Gasteiger partial charge < -0.3 is 9.73 Å². The fourth-order valence-corrected chi connectivity index (χ4v) is 3.26. The van der Waals surface area contributed by atoms with E-state index in [0.717, 1.165) is 9.97 Å². The number of aromatic nitrogens is 2. The van der Waals surface area contributed by atoms with E-state index in [1.54, 1.807) is 24.2 Å². The molecule has 2 N–H and O–H groups in total. The number of nitrogens with one attached hydrogen (secondary N) is 2. The summed E-state index contributed by atoms with van der Waals surface area (Å²) < 4.78 is 6.75. The molecule has 0 fully saturated rings. The summed E-state index contributed by atoms with van der Waals surface area (Å²) >= 11 is 3.02. The predicted molar refractivity (Wildman–Crippen MR) is 89.6 cm³/mol. The molecule has 0 unspecified atom stereocenters. The van der Waals surface area contributed by atoms with E-state index in [1.165, 1.54) is 11.3 Å². The van der Waals surface area contributed by atoms with Crippen molar-refractivity contribution in [3.63, 3.8) is 0 Å². The van der Waals surface area contributed by atoms with Crippen molar-refractivity contribution < 1.29 is 9.21 Å². The first-order chi connectivity index (χ1) is 10.4. The van der Waals surface area contributed by atoms with Crippen molar-refractivity contribution in [3.05, 3.63) is 24.0 Å². The molecule has 0 atom stereocenters. The average molecular weight is 340 g/mol. The van der Waals surface area contributed by atoms with Crippen LogP contribution in [0.1, 0.15) is 39.3 Å². The van der Waals surface area contributed by atoms with Crippen LogP contribution in [0.3, 0.4) is 0 Å². The van der Waals surface area contributed by atoms with Crippen LogP contribution < -0.4 is 10.6 Å². The van der Waals surface area contributed by atoms with Gasteiger partial charge >= 0.3 is 6.03 Å². The summed E-state index contributed by atoms with van der Waals surface area (Å²) in [6.45, 7) is 8.72. The zero-order valence-corrected chi connectivity index (χ0v) is 14.7. The summed E-state index contributed by atoms with van der Waals surface area (Å²) in [4.78, 5) is 19.9. The number of hydrogen-bond acceptors (Lipinski definition) is 6. The van der Waals surface area contributed by atoms with Crippen molar-refractivity contribution in [1.82, 2.24) is 15.3 Å². The molecule has 2 heterocycles. The third kappa shape index (κ3) is 4.74. The molecule has 0 aliphatic heterocycles. The fourth-order valence-electron chi connectivity index (χ4n) is 1.54. The van der Waals surface area contributed by atoms with E-state index in [-0.39, 0.29) is 11.4 Å². The van der Waals surface area contributed by atoms with E-state index in [0.29, 0.717) is 23.3 Å². The molecule has 2 amide bonds. The molecule has 2 aromatic rings. The van der Waals surface area contributed by atoms with Crippen LogP contribution in [0.2, 0.25) is 0 Å². The second kappa shape index (κ2) is 7.15. The average Bonchev–Trinajstić information content (AvgIpc) is 3.04. The predicted octanol–water partition coefficient (Wildman–Crippen LogP) is 3.86. The molecule has 0 aliphatic rings. The van der Waals surface area contributed by atoms with Crippen molar-refractivity contribution in [1.29, 1.82) is 0 Å². The lowest BCUT2D eigenvalue weighted by molar-refractivity contribution is 0.252. The molecule has 0 saturated heterocycles. The van der Waals surface area contributed by atoms with Gasteiger partial charge in [0.2, 0.25) is 5.89 Å². The zero-order chi connectivity index (χ0) is 16.2. The van der Waals surface area contributed by atoms with Gasteiger partial charge in [-0.1, -0.05) is 32.1 Å². The Kier molecular flexibility index (Phi) is 5.47. The largest absolute Gasteiger partial charge is 0.444 e. The molecular formula is C14H20N4O2S2. The van der Waals surface area contributed by atoms with Gasteiger partial charge in [0.15, 0.2) is 5.13 Å². The first-order valence-electron chi connectivity index (χ1n) is 6.97. The summed E-state index contributed by atoms with van der Waals surface area (Å²) in [7, 11) is 0. The van der Waals surface area contributed by atoms with Crippen molar-refractivity contribution in [2.75, 3.05) is 11.9 Å². The lowest BCUT2D eigenvalue weighted by Gasteiger charge is -2.12. The Morgan fingerprint density at radius 2 is 2.14 bits per heavy atom. The third-order valence-electron chi connectivity index (χ3n) is 2.67. The Bertz CT molecular complexity index is 631. The van der Waals surface area contributed by atoms with Crippen LogP contribution in [0, 0.1) is 0 Å². The second-order valence-corrected chi connectivity index (χ2v) is 7.93. The number of carbonyl (C=O) groups is 1. The molecule has 0 aliphatic carbocycles. The Morgan fingerprint density at radius 1 is 1.36 bits per heavy atom. The second-order valence-electron chi connectivity index (χ2n) is 5.63. The van der Waals surface area contributed by atoms with E-state index in [9.17, 15) is 4.79 Å². The summed E-state index contributed by atoms with van der Waals surface area (Å²) in [5, 5.41) is 5.93.